The molecule has 16 heavy (non-hydrogen) atoms. The number of carbonyl (C=O) groups is 1. The zero-order valence-electron chi connectivity index (χ0n) is 8.94. The Labute approximate surface area is 92.9 Å². The number of carboxylic acids is 1. The van der Waals surface area contributed by atoms with Gasteiger partial charge in [0.2, 0.25) is 0 Å². The van der Waals surface area contributed by atoms with Gasteiger partial charge in [-0.15, -0.1) is 0 Å². The maximum Gasteiger partial charge on any atom is 0.306 e. The first kappa shape index (κ1) is 10.9. The van der Waals surface area contributed by atoms with Gasteiger partial charge in [0.25, 0.3) is 0 Å². The molecule has 0 saturated heterocycles. The second-order valence-corrected chi connectivity index (χ2v) is 4.05. The van der Waals surface area contributed by atoms with Gasteiger partial charge in [0, 0.05) is 11.5 Å². The molecule has 1 N–H and O–H groups in total. The molecule has 2 rings (SSSR count). The van der Waals surface area contributed by atoms with E-state index in [0.29, 0.717) is 24.3 Å². The minimum Gasteiger partial charge on any atom is -0.493 e. The lowest BCUT2D eigenvalue weighted by Gasteiger charge is -2.28. The lowest BCUT2D eigenvalue weighted by molar-refractivity contribution is -0.142. The van der Waals surface area contributed by atoms with Crippen LogP contribution in [0.4, 0.5) is 4.39 Å². The Morgan fingerprint density at radius 1 is 1.62 bits per heavy atom. The summed E-state index contributed by atoms with van der Waals surface area (Å²) in [5.74, 6) is -1.30. The van der Waals surface area contributed by atoms with Crippen molar-refractivity contribution in [2.75, 3.05) is 6.61 Å². The third-order valence-corrected chi connectivity index (χ3v) is 3.05. The number of carboxylic acid groups (broad SMARTS) is 1. The summed E-state index contributed by atoms with van der Waals surface area (Å²) in [5.41, 5.74) is 0.668. The van der Waals surface area contributed by atoms with Crippen LogP contribution >= 0.6 is 0 Å². The zero-order valence-corrected chi connectivity index (χ0v) is 8.94. The van der Waals surface area contributed by atoms with E-state index in [-0.39, 0.29) is 11.7 Å². The number of hydrogen-bond donors (Lipinski definition) is 1. The van der Waals surface area contributed by atoms with E-state index < -0.39 is 11.9 Å². The highest BCUT2D eigenvalue weighted by Crippen LogP contribution is 2.38. The van der Waals surface area contributed by atoms with Crippen molar-refractivity contribution in [3.8, 4) is 5.75 Å². The summed E-state index contributed by atoms with van der Waals surface area (Å²) in [6, 6.07) is 4.26. The molecule has 3 nitrogen and oxygen atoms in total. The summed E-state index contributed by atoms with van der Waals surface area (Å²) >= 11 is 0. The number of fused-ring (bicyclic) bond motifs is 1. The minimum atomic E-state index is -0.859. The molecule has 1 aliphatic rings. The van der Waals surface area contributed by atoms with E-state index in [1.54, 1.807) is 13.0 Å². The van der Waals surface area contributed by atoms with Crippen molar-refractivity contribution < 1.29 is 19.0 Å². The molecule has 0 aliphatic carbocycles. The van der Waals surface area contributed by atoms with E-state index in [1.807, 2.05) is 0 Å². The van der Waals surface area contributed by atoms with Crippen molar-refractivity contribution in [3.63, 3.8) is 0 Å². The SMILES string of the molecule is CC(C(=O)O)C1CCOc2ccc(F)cc21. The fourth-order valence-electron chi connectivity index (χ4n) is 2.08. The van der Waals surface area contributed by atoms with Gasteiger partial charge in [-0.25, -0.2) is 4.39 Å². The van der Waals surface area contributed by atoms with E-state index >= 15 is 0 Å². The van der Waals surface area contributed by atoms with Crippen molar-refractivity contribution in [2.45, 2.75) is 19.3 Å². The number of aliphatic carboxylic acids is 1. The number of hydrogen-bond acceptors (Lipinski definition) is 2. The molecule has 0 aromatic heterocycles. The standard InChI is InChI=1S/C12H13FO3/c1-7(12(14)15)9-4-5-16-11-3-2-8(13)6-10(9)11/h2-3,6-7,9H,4-5H2,1H3,(H,14,15). The van der Waals surface area contributed by atoms with Crippen LogP contribution < -0.4 is 4.74 Å². The topological polar surface area (TPSA) is 46.5 Å². The van der Waals surface area contributed by atoms with Crippen LogP contribution in [0.3, 0.4) is 0 Å². The average Bonchev–Trinajstić information content (AvgIpc) is 2.27. The third-order valence-electron chi connectivity index (χ3n) is 3.05. The first-order valence-electron chi connectivity index (χ1n) is 5.24. The third kappa shape index (κ3) is 1.87. The summed E-state index contributed by atoms with van der Waals surface area (Å²) in [7, 11) is 0. The van der Waals surface area contributed by atoms with Crippen molar-refractivity contribution in [2.24, 2.45) is 5.92 Å². The molecular weight excluding hydrogens is 211 g/mol. The Morgan fingerprint density at radius 2 is 2.38 bits per heavy atom. The molecule has 1 aromatic carbocycles. The molecule has 0 radical (unpaired) electrons. The Morgan fingerprint density at radius 3 is 3.06 bits per heavy atom. The Balaban J connectivity index is 2.38. The number of ether oxygens (including phenoxy) is 1. The van der Waals surface area contributed by atoms with Crippen molar-refractivity contribution >= 4 is 5.97 Å². The lowest BCUT2D eigenvalue weighted by Crippen LogP contribution is -2.24. The van der Waals surface area contributed by atoms with Gasteiger partial charge in [-0.05, 0) is 24.6 Å². The Kier molecular flexibility index (Phi) is 2.81. The Bertz CT molecular complexity index is 417. The molecule has 0 saturated carbocycles. The van der Waals surface area contributed by atoms with Crippen molar-refractivity contribution in [1.82, 2.24) is 0 Å². The fraction of sp³-hybridized carbons (Fsp3) is 0.417. The second kappa shape index (κ2) is 4.12. The van der Waals surface area contributed by atoms with Crippen LogP contribution in [-0.2, 0) is 4.79 Å². The van der Waals surface area contributed by atoms with Gasteiger partial charge >= 0.3 is 5.97 Å². The fourth-order valence-corrected chi connectivity index (χ4v) is 2.08. The monoisotopic (exact) mass is 224 g/mol. The Hall–Kier alpha value is -1.58. The largest absolute Gasteiger partial charge is 0.493 e. The quantitative estimate of drug-likeness (QED) is 0.839. The van der Waals surface area contributed by atoms with E-state index in [2.05, 4.69) is 0 Å². The van der Waals surface area contributed by atoms with Gasteiger partial charge in [-0.1, -0.05) is 6.92 Å². The van der Waals surface area contributed by atoms with Gasteiger partial charge in [-0.2, -0.15) is 0 Å². The molecule has 0 amide bonds. The predicted molar refractivity (Wildman–Crippen MR) is 56.1 cm³/mol. The van der Waals surface area contributed by atoms with E-state index in [4.69, 9.17) is 9.84 Å². The van der Waals surface area contributed by atoms with Crippen LogP contribution in [0.1, 0.15) is 24.8 Å². The first-order valence-corrected chi connectivity index (χ1v) is 5.24. The highest BCUT2D eigenvalue weighted by atomic mass is 19.1. The number of benzene rings is 1. The lowest BCUT2D eigenvalue weighted by atomic mass is 9.83. The second-order valence-electron chi connectivity index (χ2n) is 4.05. The smallest absolute Gasteiger partial charge is 0.306 e. The molecule has 2 unspecified atom stereocenters. The van der Waals surface area contributed by atoms with Gasteiger partial charge in [-0.3, -0.25) is 4.79 Å². The van der Waals surface area contributed by atoms with Crippen LogP contribution in [0.25, 0.3) is 0 Å². The van der Waals surface area contributed by atoms with Crippen LogP contribution in [-0.4, -0.2) is 17.7 Å². The number of rotatable bonds is 2. The van der Waals surface area contributed by atoms with Crippen LogP contribution in [0.15, 0.2) is 18.2 Å². The first-order chi connectivity index (χ1) is 7.59. The van der Waals surface area contributed by atoms with Gasteiger partial charge < -0.3 is 9.84 Å². The molecule has 86 valence electrons. The molecular formula is C12H13FO3. The minimum absolute atomic E-state index is 0.169. The average molecular weight is 224 g/mol. The van der Waals surface area contributed by atoms with E-state index in [0.717, 1.165) is 0 Å². The molecule has 4 heteroatoms. The molecule has 0 fully saturated rings. The van der Waals surface area contributed by atoms with E-state index in [9.17, 15) is 9.18 Å². The predicted octanol–water partition coefficient (Wildman–Crippen LogP) is 2.41. The summed E-state index contributed by atoms with van der Waals surface area (Å²) < 4.78 is 18.5. The van der Waals surface area contributed by atoms with Crippen molar-refractivity contribution in [1.29, 1.82) is 0 Å². The molecule has 1 heterocycles. The molecule has 0 spiro atoms. The summed E-state index contributed by atoms with van der Waals surface area (Å²) in [6.45, 7) is 2.13. The van der Waals surface area contributed by atoms with Crippen LogP contribution in [0.5, 0.6) is 5.75 Å². The van der Waals surface area contributed by atoms with Gasteiger partial charge in [0.15, 0.2) is 0 Å². The maximum absolute atomic E-state index is 13.1. The molecule has 2 atom stereocenters. The molecule has 1 aromatic rings. The van der Waals surface area contributed by atoms with Crippen LogP contribution in [0.2, 0.25) is 0 Å². The molecule has 0 bridgehead atoms. The normalized spacial score (nSPS) is 20.8. The van der Waals surface area contributed by atoms with Crippen molar-refractivity contribution in [3.05, 3.63) is 29.6 Å². The summed E-state index contributed by atoms with van der Waals surface area (Å²) in [4.78, 5) is 11.0. The summed E-state index contributed by atoms with van der Waals surface area (Å²) in [6.07, 6.45) is 0.615. The van der Waals surface area contributed by atoms with Gasteiger partial charge in [0.05, 0.1) is 12.5 Å². The molecule has 1 aliphatic heterocycles. The van der Waals surface area contributed by atoms with Crippen LogP contribution in [0, 0.1) is 11.7 Å². The van der Waals surface area contributed by atoms with E-state index in [1.165, 1.54) is 12.1 Å². The van der Waals surface area contributed by atoms with Gasteiger partial charge in [0.1, 0.15) is 11.6 Å². The number of halogens is 1. The maximum atomic E-state index is 13.1. The zero-order chi connectivity index (χ0) is 11.7. The highest BCUT2D eigenvalue weighted by Gasteiger charge is 2.30. The highest BCUT2D eigenvalue weighted by molar-refractivity contribution is 5.71. The summed E-state index contributed by atoms with van der Waals surface area (Å²) in [5, 5.41) is 8.99.